The lowest BCUT2D eigenvalue weighted by Gasteiger charge is -2.34. The number of hydrogen-bond acceptors (Lipinski definition) is 4. The Labute approximate surface area is 101 Å². The van der Waals surface area contributed by atoms with Crippen LogP contribution in [0.5, 0.6) is 0 Å². The summed E-state index contributed by atoms with van der Waals surface area (Å²) in [5, 5.41) is 12.1. The van der Waals surface area contributed by atoms with Crippen LogP contribution in [0.3, 0.4) is 0 Å². The van der Waals surface area contributed by atoms with Gasteiger partial charge in [-0.15, -0.1) is 11.3 Å². The highest BCUT2D eigenvalue weighted by Gasteiger charge is 2.19. The van der Waals surface area contributed by atoms with Gasteiger partial charge in [0.05, 0.1) is 0 Å². The van der Waals surface area contributed by atoms with Crippen LogP contribution in [-0.4, -0.2) is 54.2 Å². The minimum absolute atomic E-state index is 0.312. The molecule has 2 rings (SSSR count). The summed E-state index contributed by atoms with van der Waals surface area (Å²) in [7, 11) is 0. The number of aliphatic hydroxyl groups is 1. The Balaban J connectivity index is 1.78. The van der Waals surface area contributed by atoms with Gasteiger partial charge in [-0.2, -0.15) is 0 Å². The Bertz CT molecular complexity index is 294. The SMILES string of the molecule is CCN1CCN(CC(O)c2cccs2)CC1. The molecule has 2 heterocycles. The fourth-order valence-electron chi connectivity index (χ4n) is 2.10. The molecule has 90 valence electrons. The summed E-state index contributed by atoms with van der Waals surface area (Å²) in [5.41, 5.74) is 0. The number of rotatable bonds is 4. The number of β-amino-alcohol motifs (C(OH)–C–C–N with tert-alkyl or cyclic N) is 1. The van der Waals surface area contributed by atoms with Gasteiger partial charge in [-0.05, 0) is 18.0 Å². The van der Waals surface area contributed by atoms with Crippen molar-refractivity contribution < 1.29 is 5.11 Å². The maximum atomic E-state index is 10.0. The minimum atomic E-state index is -0.312. The average molecular weight is 240 g/mol. The van der Waals surface area contributed by atoms with Crippen molar-refractivity contribution in [2.75, 3.05) is 39.3 Å². The maximum absolute atomic E-state index is 10.0. The van der Waals surface area contributed by atoms with E-state index < -0.39 is 0 Å². The average Bonchev–Trinajstić information content (AvgIpc) is 2.83. The van der Waals surface area contributed by atoms with Crippen LogP contribution in [0.2, 0.25) is 0 Å². The first-order valence-corrected chi connectivity index (χ1v) is 6.83. The molecule has 0 bridgehead atoms. The number of aliphatic hydroxyl groups excluding tert-OH is 1. The smallest absolute Gasteiger partial charge is 0.101 e. The Morgan fingerprint density at radius 2 is 2.00 bits per heavy atom. The van der Waals surface area contributed by atoms with E-state index >= 15 is 0 Å². The van der Waals surface area contributed by atoms with Crippen LogP contribution in [0.4, 0.5) is 0 Å². The molecule has 1 unspecified atom stereocenters. The number of piperazine rings is 1. The van der Waals surface area contributed by atoms with E-state index in [9.17, 15) is 5.11 Å². The van der Waals surface area contributed by atoms with E-state index in [0.29, 0.717) is 0 Å². The predicted molar refractivity (Wildman–Crippen MR) is 67.8 cm³/mol. The molecule has 1 saturated heterocycles. The summed E-state index contributed by atoms with van der Waals surface area (Å²) in [6.45, 7) is 8.55. The van der Waals surface area contributed by atoms with Crippen LogP contribution in [0.1, 0.15) is 17.9 Å². The molecule has 1 aromatic rings. The van der Waals surface area contributed by atoms with Crippen molar-refractivity contribution in [3.8, 4) is 0 Å². The lowest BCUT2D eigenvalue weighted by Crippen LogP contribution is -2.47. The Hall–Kier alpha value is -0.420. The van der Waals surface area contributed by atoms with Crippen LogP contribution < -0.4 is 0 Å². The van der Waals surface area contributed by atoms with Gasteiger partial charge in [0.25, 0.3) is 0 Å². The number of likely N-dealkylation sites (N-methyl/N-ethyl adjacent to an activating group) is 1. The highest BCUT2D eigenvalue weighted by Crippen LogP contribution is 2.20. The Morgan fingerprint density at radius 1 is 1.31 bits per heavy atom. The zero-order valence-electron chi connectivity index (χ0n) is 9.80. The molecule has 0 radical (unpaired) electrons. The van der Waals surface area contributed by atoms with Gasteiger partial charge in [0.2, 0.25) is 0 Å². The van der Waals surface area contributed by atoms with E-state index in [-0.39, 0.29) is 6.10 Å². The molecular formula is C12H20N2OS. The fraction of sp³-hybridized carbons (Fsp3) is 0.667. The van der Waals surface area contributed by atoms with Gasteiger partial charge in [0.1, 0.15) is 6.10 Å². The highest BCUT2D eigenvalue weighted by molar-refractivity contribution is 7.10. The summed E-state index contributed by atoms with van der Waals surface area (Å²) < 4.78 is 0. The lowest BCUT2D eigenvalue weighted by molar-refractivity contribution is 0.0760. The number of nitrogens with zero attached hydrogens (tertiary/aromatic N) is 2. The number of hydrogen-bond donors (Lipinski definition) is 1. The van der Waals surface area contributed by atoms with Gasteiger partial charge in [0.15, 0.2) is 0 Å². The first-order chi connectivity index (χ1) is 7.79. The van der Waals surface area contributed by atoms with Gasteiger partial charge >= 0.3 is 0 Å². The van der Waals surface area contributed by atoms with Crippen molar-refractivity contribution in [2.24, 2.45) is 0 Å². The van der Waals surface area contributed by atoms with Gasteiger partial charge in [0, 0.05) is 37.6 Å². The third kappa shape index (κ3) is 3.04. The lowest BCUT2D eigenvalue weighted by atomic mass is 10.2. The van der Waals surface area contributed by atoms with Crippen molar-refractivity contribution in [1.82, 2.24) is 9.80 Å². The standard InChI is InChI=1S/C12H20N2OS/c1-2-13-5-7-14(8-6-13)10-11(15)12-4-3-9-16-12/h3-4,9,11,15H,2,5-8,10H2,1H3. The second-order valence-corrected chi connectivity index (χ2v) is 5.25. The zero-order chi connectivity index (χ0) is 11.4. The van der Waals surface area contributed by atoms with E-state index in [4.69, 9.17) is 0 Å². The summed E-state index contributed by atoms with van der Waals surface area (Å²) in [6.07, 6.45) is -0.312. The molecule has 0 aliphatic carbocycles. The van der Waals surface area contributed by atoms with E-state index in [1.54, 1.807) is 11.3 Å². The first kappa shape index (κ1) is 12.0. The molecule has 0 spiro atoms. The van der Waals surface area contributed by atoms with Crippen molar-refractivity contribution in [1.29, 1.82) is 0 Å². The van der Waals surface area contributed by atoms with Crippen LogP contribution in [0.15, 0.2) is 17.5 Å². The summed E-state index contributed by atoms with van der Waals surface area (Å²) in [6, 6.07) is 4.01. The molecule has 0 aromatic carbocycles. The third-order valence-corrected chi connectivity index (χ3v) is 4.19. The van der Waals surface area contributed by atoms with Gasteiger partial charge < -0.3 is 10.0 Å². The Morgan fingerprint density at radius 3 is 2.56 bits per heavy atom. The van der Waals surface area contributed by atoms with Gasteiger partial charge in [-0.25, -0.2) is 0 Å². The molecule has 0 amide bonds. The third-order valence-electron chi connectivity index (χ3n) is 3.21. The Kier molecular flexibility index (Phi) is 4.35. The van der Waals surface area contributed by atoms with Crippen molar-refractivity contribution in [2.45, 2.75) is 13.0 Å². The van der Waals surface area contributed by atoms with Gasteiger partial charge in [-0.3, -0.25) is 4.90 Å². The molecular weight excluding hydrogens is 220 g/mol. The normalized spacial score (nSPS) is 21.1. The molecule has 1 aliphatic heterocycles. The van der Waals surface area contributed by atoms with Crippen molar-refractivity contribution >= 4 is 11.3 Å². The molecule has 1 N–H and O–H groups in total. The highest BCUT2D eigenvalue weighted by atomic mass is 32.1. The van der Waals surface area contributed by atoms with E-state index in [0.717, 1.165) is 44.1 Å². The molecule has 4 heteroatoms. The molecule has 16 heavy (non-hydrogen) atoms. The quantitative estimate of drug-likeness (QED) is 0.862. The zero-order valence-corrected chi connectivity index (χ0v) is 10.6. The molecule has 1 aliphatic rings. The van der Waals surface area contributed by atoms with E-state index in [1.807, 2.05) is 17.5 Å². The summed E-state index contributed by atoms with van der Waals surface area (Å²) >= 11 is 1.64. The molecule has 1 aromatic heterocycles. The largest absolute Gasteiger partial charge is 0.386 e. The topological polar surface area (TPSA) is 26.7 Å². The van der Waals surface area contributed by atoms with Gasteiger partial charge in [-0.1, -0.05) is 13.0 Å². The molecule has 0 saturated carbocycles. The van der Waals surface area contributed by atoms with Crippen LogP contribution >= 0.6 is 11.3 Å². The second-order valence-electron chi connectivity index (χ2n) is 4.27. The monoisotopic (exact) mass is 240 g/mol. The fourth-order valence-corrected chi connectivity index (χ4v) is 2.81. The minimum Gasteiger partial charge on any atom is -0.386 e. The molecule has 3 nitrogen and oxygen atoms in total. The second kappa shape index (κ2) is 5.77. The van der Waals surface area contributed by atoms with E-state index in [2.05, 4.69) is 16.7 Å². The molecule has 1 fully saturated rings. The maximum Gasteiger partial charge on any atom is 0.101 e. The van der Waals surface area contributed by atoms with Crippen LogP contribution in [-0.2, 0) is 0 Å². The number of thiophene rings is 1. The van der Waals surface area contributed by atoms with Crippen molar-refractivity contribution in [3.63, 3.8) is 0 Å². The predicted octanol–water partition coefficient (Wildman–Crippen LogP) is 1.42. The van der Waals surface area contributed by atoms with Crippen molar-refractivity contribution in [3.05, 3.63) is 22.4 Å². The summed E-state index contributed by atoms with van der Waals surface area (Å²) in [5.74, 6) is 0. The first-order valence-electron chi connectivity index (χ1n) is 5.95. The van der Waals surface area contributed by atoms with Crippen LogP contribution in [0, 0.1) is 0 Å². The van der Waals surface area contributed by atoms with E-state index in [1.165, 1.54) is 0 Å². The molecule has 1 atom stereocenters. The summed E-state index contributed by atoms with van der Waals surface area (Å²) in [4.78, 5) is 5.89. The van der Waals surface area contributed by atoms with Crippen LogP contribution in [0.25, 0.3) is 0 Å².